The van der Waals surface area contributed by atoms with Crippen LogP contribution in [-0.2, 0) is 21.4 Å². The lowest BCUT2D eigenvalue weighted by Gasteiger charge is -2.32. The Morgan fingerprint density at radius 2 is 1.54 bits per heavy atom. The summed E-state index contributed by atoms with van der Waals surface area (Å²) >= 11 is 0. The van der Waals surface area contributed by atoms with Crippen LogP contribution in [0.25, 0.3) is 0 Å². The van der Waals surface area contributed by atoms with Crippen LogP contribution in [0.15, 0.2) is 30.4 Å². The van der Waals surface area contributed by atoms with Gasteiger partial charge >= 0.3 is 0 Å². The zero-order chi connectivity index (χ0) is 20.1. The quantitative estimate of drug-likeness (QED) is 0.465. The van der Waals surface area contributed by atoms with Gasteiger partial charge in [-0.05, 0) is 54.2 Å². The molecule has 1 aliphatic heterocycles. The van der Waals surface area contributed by atoms with Crippen LogP contribution >= 0.6 is 0 Å². The zero-order valence-corrected chi connectivity index (χ0v) is 17.8. The summed E-state index contributed by atoms with van der Waals surface area (Å²) in [6, 6.07) is 6.73. The molecule has 0 spiro atoms. The number of rotatable bonds is 10. The van der Waals surface area contributed by atoms with Gasteiger partial charge in [-0.3, -0.25) is 14.5 Å². The van der Waals surface area contributed by atoms with E-state index in [2.05, 4.69) is 39.0 Å². The van der Waals surface area contributed by atoms with Crippen LogP contribution in [0.3, 0.4) is 0 Å². The summed E-state index contributed by atoms with van der Waals surface area (Å²) in [7, 11) is 0. The molecular formula is C25H35NO2. The monoisotopic (exact) mass is 381 g/mol. The Morgan fingerprint density at radius 3 is 2.11 bits per heavy atom. The Hall–Kier alpha value is -1.90. The standard InChI is InChI=1S/C25H35NO2/c1-4-7-10-19-11-12-20-21(17-19)25(15-8-5-2,16-9-6-3)18-22(20)26-23(27)13-14-24(26)28/h11-14,17,22H,4-10,15-16,18H2,1-3H3/t22-/m0/s1. The average molecular weight is 382 g/mol. The number of imide groups is 1. The number of carbonyl (C=O) groups excluding carboxylic acids is 2. The van der Waals surface area contributed by atoms with Gasteiger partial charge in [-0.25, -0.2) is 0 Å². The number of aryl methyl sites for hydroxylation is 1. The number of hydrogen-bond donors (Lipinski definition) is 0. The predicted molar refractivity (Wildman–Crippen MR) is 114 cm³/mol. The van der Waals surface area contributed by atoms with Gasteiger partial charge in [0, 0.05) is 12.2 Å². The van der Waals surface area contributed by atoms with Gasteiger partial charge in [0.1, 0.15) is 0 Å². The maximum atomic E-state index is 12.4. The minimum absolute atomic E-state index is 0.0946. The van der Waals surface area contributed by atoms with E-state index in [0.717, 1.165) is 25.7 Å². The third-order valence-corrected chi connectivity index (χ3v) is 6.62. The lowest BCUT2D eigenvalue weighted by molar-refractivity contribution is -0.139. The third-order valence-electron chi connectivity index (χ3n) is 6.62. The van der Waals surface area contributed by atoms with E-state index in [4.69, 9.17) is 0 Å². The first-order chi connectivity index (χ1) is 13.6. The summed E-state index contributed by atoms with van der Waals surface area (Å²) < 4.78 is 0. The molecule has 28 heavy (non-hydrogen) atoms. The van der Waals surface area contributed by atoms with Gasteiger partial charge in [-0.15, -0.1) is 0 Å². The first-order valence-electron chi connectivity index (χ1n) is 11.2. The second-order valence-corrected chi connectivity index (χ2v) is 8.61. The van der Waals surface area contributed by atoms with E-state index in [1.165, 1.54) is 72.3 Å². The number of nitrogens with zero attached hydrogens (tertiary/aromatic N) is 1. The van der Waals surface area contributed by atoms with Crippen molar-refractivity contribution in [3.05, 3.63) is 47.0 Å². The van der Waals surface area contributed by atoms with Crippen LogP contribution in [0.1, 0.15) is 101 Å². The molecule has 2 aliphatic rings. The molecule has 0 radical (unpaired) electrons. The van der Waals surface area contributed by atoms with E-state index in [1.54, 1.807) is 0 Å². The highest BCUT2D eigenvalue weighted by molar-refractivity contribution is 6.13. The van der Waals surface area contributed by atoms with Crippen molar-refractivity contribution in [2.24, 2.45) is 0 Å². The lowest BCUT2D eigenvalue weighted by Crippen LogP contribution is -2.34. The van der Waals surface area contributed by atoms with Crippen molar-refractivity contribution in [1.29, 1.82) is 0 Å². The van der Waals surface area contributed by atoms with E-state index >= 15 is 0 Å². The Balaban J connectivity index is 2.03. The molecule has 1 heterocycles. The van der Waals surface area contributed by atoms with Gasteiger partial charge < -0.3 is 0 Å². The van der Waals surface area contributed by atoms with Gasteiger partial charge in [-0.1, -0.05) is 71.1 Å². The van der Waals surface area contributed by atoms with Crippen molar-refractivity contribution < 1.29 is 9.59 Å². The maximum Gasteiger partial charge on any atom is 0.254 e. The first-order valence-corrected chi connectivity index (χ1v) is 11.2. The normalized spacial score (nSPS) is 20.2. The SMILES string of the molecule is CCCCc1ccc2c(c1)C(CCCC)(CCCC)C[C@@H]2N1C(=O)C=CC1=O. The minimum Gasteiger partial charge on any atom is -0.269 e. The lowest BCUT2D eigenvalue weighted by atomic mass is 9.73. The second kappa shape index (κ2) is 9.07. The molecule has 0 fully saturated rings. The van der Waals surface area contributed by atoms with Crippen LogP contribution in [0.2, 0.25) is 0 Å². The largest absolute Gasteiger partial charge is 0.269 e. The molecule has 3 heteroatoms. The number of hydrogen-bond acceptors (Lipinski definition) is 2. The Labute approximate surface area is 170 Å². The van der Waals surface area contributed by atoms with Gasteiger partial charge in [-0.2, -0.15) is 0 Å². The molecule has 1 aliphatic carbocycles. The molecule has 3 rings (SSSR count). The third kappa shape index (κ3) is 3.94. The topological polar surface area (TPSA) is 37.4 Å². The average Bonchev–Trinajstić information content (AvgIpc) is 3.20. The molecule has 1 atom stereocenters. The van der Waals surface area contributed by atoms with Gasteiger partial charge in [0.15, 0.2) is 0 Å². The van der Waals surface area contributed by atoms with Crippen molar-refractivity contribution in [3.63, 3.8) is 0 Å². The van der Waals surface area contributed by atoms with Gasteiger partial charge in [0.2, 0.25) is 0 Å². The second-order valence-electron chi connectivity index (χ2n) is 8.61. The van der Waals surface area contributed by atoms with Crippen LogP contribution in [-0.4, -0.2) is 16.7 Å². The summed E-state index contributed by atoms with van der Waals surface area (Å²) in [5.74, 6) is -0.310. The van der Waals surface area contributed by atoms with Crippen LogP contribution in [0, 0.1) is 0 Å². The molecule has 0 aromatic heterocycles. The Bertz CT molecular complexity index is 723. The van der Waals surface area contributed by atoms with Crippen molar-refractivity contribution in [2.45, 2.75) is 96.4 Å². The van der Waals surface area contributed by atoms with Crippen molar-refractivity contribution in [3.8, 4) is 0 Å². The fourth-order valence-electron chi connectivity index (χ4n) is 5.06. The fraction of sp³-hybridized carbons (Fsp3) is 0.600. The van der Waals surface area contributed by atoms with Gasteiger partial charge in [0.25, 0.3) is 11.8 Å². The molecule has 3 nitrogen and oxygen atoms in total. The van der Waals surface area contributed by atoms with E-state index in [9.17, 15) is 9.59 Å². The molecule has 152 valence electrons. The summed E-state index contributed by atoms with van der Waals surface area (Å²) in [6.45, 7) is 6.72. The summed E-state index contributed by atoms with van der Waals surface area (Å²) in [4.78, 5) is 26.4. The number of unbranched alkanes of at least 4 members (excludes halogenated alkanes) is 3. The molecule has 0 unspecified atom stereocenters. The summed E-state index contributed by atoms with van der Waals surface area (Å²) in [5, 5.41) is 0. The Morgan fingerprint density at radius 1 is 0.929 bits per heavy atom. The van der Waals surface area contributed by atoms with Gasteiger partial charge in [0.05, 0.1) is 6.04 Å². The highest BCUT2D eigenvalue weighted by Gasteiger charge is 2.47. The fourth-order valence-corrected chi connectivity index (χ4v) is 5.06. The zero-order valence-electron chi connectivity index (χ0n) is 17.8. The molecule has 0 saturated carbocycles. The minimum atomic E-state index is -0.155. The molecule has 1 aromatic carbocycles. The smallest absolute Gasteiger partial charge is 0.254 e. The number of amides is 2. The summed E-state index contributed by atoms with van der Waals surface area (Å²) in [5.41, 5.74) is 4.12. The van der Waals surface area contributed by atoms with Crippen molar-refractivity contribution in [1.82, 2.24) is 4.90 Å². The number of fused-ring (bicyclic) bond motifs is 1. The molecule has 0 N–H and O–H groups in total. The maximum absolute atomic E-state index is 12.4. The molecule has 0 bridgehead atoms. The first kappa shape index (κ1) is 20.8. The molecular weight excluding hydrogens is 346 g/mol. The van der Waals surface area contributed by atoms with Crippen molar-refractivity contribution >= 4 is 11.8 Å². The van der Waals surface area contributed by atoms with Crippen LogP contribution in [0.5, 0.6) is 0 Å². The van der Waals surface area contributed by atoms with E-state index < -0.39 is 0 Å². The molecule has 1 aromatic rings. The predicted octanol–water partition coefficient (Wildman–Crippen LogP) is 6.02. The van der Waals surface area contributed by atoms with Crippen LogP contribution in [0.4, 0.5) is 0 Å². The number of benzene rings is 1. The molecule has 2 amide bonds. The highest BCUT2D eigenvalue weighted by Crippen LogP contribution is 2.53. The summed E-state index contributed by atoms with van der Waals surface area (Å²) in [6.07, 6.45) is 14.3. The number of carbonyl (C=O) groups is 2. The van der Waals surface area contributed by atoms with E-state index in [1.807, 2.05) is 0 Å². The van der Waals surface area contributed by atoms with Crippen LogP contribution < -0.4 is 0 Å². The van der Waals surface area contributed by atoms with E-state index in [0.29, 0.717) is 0 Å². The van der Waals surface area contributed by atoms with Crippen molar-refractivity contribution in [2.75, 3.05) is 0 Å². The van der Waals surface area contributed by atoms with E-state index in [-0.39, 0.29) is 23.3 Å². The highest BCUT2D eigenvalue weighted by atomic mass is 16.2. The molecule has 0 saturated heterocycles. The Kier molecular flexibility index (Phi) is 6.74.